The summed E-state index contributed by atoms with van der Waals surface area (Å²) in [6, 6.07) is 23.3. The predicted octanol–water partition coefficient (Wildman–Crippen LogP) is 4.78. The molecule has 1 heterocycles. The van der Waals surface area contributed by atoms with Crippen LogP contribution in [0.5, 0.6) is 17.2 Å². The summed E-state index contributed by atoms with van der Waals surface area (Å²) in [5.74, 6) is 2.38. The number of para-hydroxylation sites is 2. The lowest BCUT2D eigenvalue weighted by Gasteiger charge is -2.20. The van der Waals surface area contributed by atoms with Gasteiger partial charge in [-0.25, -0.2) is 4.99 Å². The van der Waals surface area contributed by atoms with E-state index in [2.05, 4.69) is 5.32 Å². The monoisotopic (exact) mass is 316 g/mol. The zero-order valence-corrected chi connectivity index (χ0v) is 13.2. The van der Waals surface area contributed by atoms with Crippen LogP contribution in [0.15, 0.2) is 77.8 Å². The predicted molar refractivity (Wildman–Crippen MR) is 94.5 cm³/mol. The molecule has 1 aliphatic rings. The standard InChI is InChI=1S/C20H16N2O2/c1-23-15-12-10-14(11-13-15)21-17-7-3-5-9-19-20(17)22-16-6-2-4-8-18(16)24-19/h2-13,22H,1H3. The van der Waals surface area contributed by atoms with Crippen LogP contribution in [0, 0.1) is 0 Å². The van der Waals surface area contributed by atoms with E-state index in [1.807, 2.05) is 72.8 Å². The first kappa shape index (κ1) is 14.3. The average Bonchev–Trinajstić information content (AvgIpc) is 2.82. The van der Waals surface area contributed by atoms with Gasteiger partial charge in [0.05, 0.1) is 23.8 Å². The zero-order chi connectivity index (χ0) is 16.4. The lowest BCUT2D eigenvalue weighted by molar-refractivity contribution is 0.415. The Morgan fingerprint density at radius 2 is 1.54 bits per heavy atom. The highest BCUT2D eigenvalue weighted by Crippen LogP contribution is 2.39. The smallest absolute Gasteiger partial charge is 0.153 e. The van der Waals surface area contributed by atoms with Crippen LogP contribution < -0.4 is 20.1 Å². The number of ether oxygens (including phenoxy) is 2. The van der Waals surface area contributed by atoms with E-state index in [0.29, 0.717) is 0 Å². The van der Waals surface area contributed by atoms with Crippen LogP contribution in [0.3, 0.4) is 0 Å². The van der Waals surface area contributed by atoms with E-state index in [1.54, 1.807) is 7.11 Å². The van der Waals surface area contributed by atoms with Crippen molar-refractivity contribution in [1.29, 1.82) is 0 Å². The molecule has 0 fully saturated rings. The number of methoxy groups -OCH3 is 1. The Kier molecular flexibility index (Phi) is 3.63. The second kappa shape index (κ2) is 6.08. The molecule has 0 aliphatic carbocycles. The normalized spacial score (nSPS) is 12.5. The minimum atomic E-state index is 0.756. The third-order valence-electron chi connectivity index (χ3n) is 3.80. The van der Waals surface area contributed by atoms with Gasteiger partial charge in [0.1, 0.15) is 11.4 Å². The Labute approximate surface area is 140 Å². The Bertz CT molecular complexity index is 950. The van der Waals surface area contributed by atoms with E-state index in [0.717, 1.165) is 39.7 Å². The molecule has 0 atom stereocenters. The number of benzene rings is 2. The molecule has 0 unspecified atom stereocenters. The van der Waals surface area contributed by atoms with Gasteiger partial charge >= 0.3 is 0 Å². The number of hydrogen-bond acceptors (Lipinski definition) is 4. The molecule has 4 rings (SSSR count). The highest BCUT2D eigenvalue weighted by molar-refractivity contribution is 5.74. The van der Waals surface area contributed by atoms with Crippen molar-refractivity contribution in [3.8, 4) is 17.2 Å². The Balaban J connectivity index is 1.83. The molecule has 0 bridgehead atoms. The molecule has 3 aromatic rings. The number of anilines is 2. The number of hydrogen-bond donors (Lipinski definition) is 1. The van der Waals surface area contributed by atoms with Gasteiger partial charge < -0.3 is 14.8 Å². The molecular weight excluding hydrogens is 300 g/mol. The van der Waals surface area contributed by atoms with Crippen molar-refractivity contribution >= 4 is 17.1 Å². The Hall–Kier alpha value is -3.27. The van der Waals surface area contributed by atoms with Gasteiger partial charge in [-0.2, -0.15) is 0 Å². The van der Waals surface area contributed by atoms with Gasteiger partial charge in [0.15, 0.2) is 11.5 Å². The molecular formula is C20H16N2O2. The van der Waals surface area contributed by atoms with E-state index < -0.39 is 0 Å². The maximum atomic E-state index is 6.01. The maximum Gasteiger partial charge on any atom is 0.153 e. The van der Waals surface area contributed by atoms with Crippen molar-refractivity contribution in [2.24, 2.45) is 4.99 Å². The largest absolute Gasteiger partial charge is 0.497 e. The van der Waals surface area contributed by atoms with Crippen LogP contribution in [-0.2, 0) is 0 Å². The minimum Gasteiger partial charge on any atom is -0.497 e. The molecule has 4 nitrogen and oxygen atoms in total. The molecule has 0 saturated carbocycles. The second-order valence-corrected chi connectivity index (χ2v) is 5.38. The molecule has 0 saturated heterocycles. The van der Waals surface area contributed by atoms with Gasteiger partial charge in [-0.15, -0.1) is 0 Å². The van der Waals surface area contributed by atoms with Crippen molar-refractivity contribution in [2.45, 2.75) is 0 Å². The van der Waals surface area contributed by atoms with Crippen molar-refractivity contribution in [3.63, 3.8) is 0 Å². The number of rotatable bonds is 2. The third-order valence-corrected chi connectivity index (χ3v) is 3.80. The van der Waals surface area contributed by atoms with Crippen LogP contribution in [0.25, 0.3) is 0 Å². The topological polar surface area (TPSA) is 42.8 Å². The summed E-state index contributed by atoms with van der Waals surface area (Å²) in [6.07, 6.45) is 0. The van der Waals surface area contributed by atoms with E-state index in [1.165, 1.54) is 0 Å². The van der Waals surface area contributed by atoms with Crippen LogP contribution in [0.1, 0.15) is 0 Å². The van der Waals surface area contributed by atoms with Gasteiger partial charge in [0.25, 0.3) is 0 Å². The summed E-state index contributed by atoms with van der Waals surface area (Å²) in [7, 11) is 1.65. The SMILES string of the molecule is COc1ccc(N=c2ccccc3c2Nc2ccccc2O3)cc1. The fraction of sp³-hybridized carbons (Fsp3) is 0.0500. The molecule has 118 valence electrons. The molecule has 0 radical (unpaired) electrons. The highest BCUT2D eigenvalue weighted by atomic mass is 16.5. The average molecular weight is 316 g/mol. The first-order chi connectivity index (χ1) is 11.8. The van der Waals surface area contributed by atoms with E-state index in [4.69, 9.17) is 14.5 Å². The molecule has 1 N–H and O–H groups in total. The van der Waals surface area contributed by atoms with Crippen LogP contribution in [0.2, 0.25) is 0 Å². The number of nitrogens with zero attached hydrogens (tertiary/aromatic N) is 1. The van der Waals surface area contributed by atoms with Crippen molar-refractivity contribution in [3.05, 3.63) is 78.2 Å². The molecule has 3 aromatic carbocycles. The van der Waals surface area contributed by atoms with Crippen molar-refractivity contribution in [1.82, 2.24) is 0 Å². The van der Waals surface area contributed by atoms with Crippen molar-refractivity contribution < 1.29 is 9.47 Å². The fourth-order valence-corrected chi connectivity index (χ4v) is 2.59. The summed E-state index contributed by atoms with van der Waals surface area (Å²) in [5.41, 5.74) is 2.64. The fourth-order valence-electron chi connectivity index (χ4n) is 2.59. The maximum absolute atomic E-state index is 6.01. The Morgan fingerprint density at radius 3 is 2.33 bits per heavy atom. The highest BCUT2D eigenvalue weighted by Gasteiger charge is 2.16. The first-order valence-electron chi connectivity index (χ1n) is 7.69. The summed E-state index contributed by atoms with van der Waals surface area (Å²) in [6.45, 7) is 0. The summed E-state index contributed by atoms with van der Waals surface area (Å²) >= 11 is 0. The molecule has 0 amide bonds. The second-order valence-electron chi connectivity index (χ2n) is 5.38. The number of fused-ring (bicyclic) bond motifs is 2. The summed E-state index contributed by atoms with van der Waals surface area (Å²) in [4.78, 5) is 4.74. The molecule has 1 aliphatic heterocycles. The third kappa shape index (κ3) is 2.70. The van der Waals surface area contributed by atoms with E-state index >= 15 is 0 Å². The van der Waals surface area contributed by atoms with Gasteiger partial charge in [0, 0.05) is 0 Å². The number of nitrogens with one attached hydrogen (secondary N) is 1. The van der Waals surface area contributed by atoms with Gasteiger partial charge in [-0.05, 0) is 48.5 Å². The summed E-state index contributed by atoms with van der Waals surface area (Å²) in [5, 5.41) is 4.24. The lowest BCUT2D eigenvalue weighted by Crippen LogP contribution is -2.11. The minimum absolute atomic E-state index is 0.756. The molecule has 4 heteroatoms. The molecule has 24 heavy (non-hydrogen) atoms. The molecule has 0 spiro atoms. The van der Waals surface area contributed by atoms with Crippen molar-refractivity contribution in [2.75, 3.05) is 12.4 Å². The van der Waals surface area contributed by atoms with E-state index in [-0.39, 0.29) is 0 Å². The molecule has 0 aromatic heterocycles. The Morgan fingerprint density at radius 1 is 0.833 bits per heavy atom. The quantitative estimate of drug-likeness (QED) is 0.579. The van der Waals surface area contributed by atoms with Gasteiger partial charge in [-0.1, -0.05) is 24.3 Å². The van der Waals surface area contributed by atoms with Crippen LogP contribution >= 0.6 is 0 Å². The zero-order valence-electron chi connectivity index (χ0n) is 13.2. The van der Waals surface area contributed by atoms with Gasteiger partial charge in [0.2, 0.25) is 0 Å². The van der Waals surface area contributed by atoms with E-state index in [9.17, 15) is 0 Å². The van der Waals surface area contributed by atoms with Crippen LogP contribution in [0.4, 0.5) is 17.1 Å². The van der Waals surface area contributed by atoms with Crippen LogP contribution in [-0.4, -0.2) is 7.11 Å². The lowest BCUT2D eigenvalue weighted by atomic mass is 10.2. The first-order valence-corrected chi connectivity index (χ1v) is 7.69. The summed E-state index contributed by atoms with van der Waals surface area (Å²) < 4.78 is 11.2. The van der Waals surface area contributed by atoms with Gasteiger partial charge in [-0.3, -0.25) is 0 Å².